The van der Waals surface area contributed by atoms with Crippen LogP contribution in [0.15, 0.2) is 66.7 Å². The summed E-state index contributed by atoms with van der Waals surface area (Å²) in [5.41, 5.74) is 5.64. The number of hydrogen-bond acceptors (Lipinski definition) is 5. The van der Waals surface area contributed by atoms with Crippen LogP contribution in [0.2, 0.25) is 0 Å². The molecule has 0 aromatic heterocycles. The van der Waals surface area contributed by atoms with E-state index in [0.717, 1.165) is 28.9 Å². The quantitative estimate of drug-likeness (QED) is 0.396. The monoisotopic (exact) mass is 488 g/mol. The van der Waals surface area contributed by atoms with E-state index in [1.165, 1.54) is 19.2 Å². The van der Waals surface area contributed by atoms with Crippen molar-refractivity contribution in [1.29, 1.82) is 0 Å². The van der Waals surface area contributed by atoms with Gasteiger partial charge in [-0.25, -0.2) is 4.39 Å². The third kappa shape index (κ3) is 5.97. The number of hydrogen-bond donors (Lipinski definition) is 3. The third-order valence-electron chi connectivity index (χ3n) is 5.68. The fraction of sp³-hybridized carbons (Fsp3) is 0.214. The first-order chi connectivity index (χ1) is 17.3. The van der Waals surface area contributed by atoms with Crippen LogP contribution in [0, 0.1) is 5.82 Å². The highest BCUT2D eigenvalue weighted by molar-refractivity contribution is 6.37. The first-order valence-electron chi connectivity index (χ1n) is 11.5. The third-order valence-corrected chi connectivity index (χ3v) is 5.68. The van der Waals surface area contributed by atoms with Crippen molar-refractivity contribution in [2.45, 2.75) is 13.1 Å². The number of anilines is 2. The molecule has 1 aliphatic heterocycles. The number of amides is 2. The van der Waals surface area contributed by atoms with Crippen molar-refractivity contribution in [3.8, 4) is 0 Å². The van der Waals surface area contributed by atoms with Gasteiger partial charge in [-0.2, -0.15) is 0 Å². The zero-order chi connectivity index (χ0) is 25.7. The molecule has 0 radical (unpaired) electrons. The zero-order valence-electron chi connectivity index (χ0n) is 20.5. The van der Waals surface area contributed by atoms with E-state index in [1.807, 2.05) is 62.6 Å². The van der Waals surface area contributed by atoms with E-state index in [1.54, 1.807) is 6.07 Å². The normalized spacial score (nSPS) is 13.9. The van der Waals surface area contributed by atoms with Gasteiger partial charge >= 0.3 is 0 Å². The van der Waals surface area contributed by atoms with Gasteiger partial charge in [0.25, 0.3) is 5.91 Å². The molecule has 1 aliphatic rings. The largest absolute Gasteiger partial charge is 0.375 e. The Morgan fingerprint density at radius 2 is 1.81 bits per heavy atom. The van der Waals surface area contributed by atoms with Gasteiger partial charge in [-0.1, -0.05) is 30.3 Å². The number of carbonyl (C=O) groups excluding carboxylic acids is 2. The molecule has 2 amide bonds. The fourth-order valence-electron chi connectivity index (χ4n) is 4.09. The minimum Gasteiger partial charge on any atom is -0.375 e. The molecule has 0 aliphatic carbocycles. The van der Waals surface area contributed by atoms with Crippen LogP contribution in [0.3, 0.4) is 0 Å². The summed E-state index contributed by atoms with van der Waals surface area (Å²) in [5.74, 6) is -0.959. The van der Waals surface area contributed by atoms with Crippen LogP contribution in [-0.2, 0) is 27.4 Å². The molecule has 0 fully saturated rings. The van der Waals surface area contributed by atoms with Crippen molar-refractivity contribution in [2.24, 2.45) is 0 Å². The zero-order valence-corrected chi connectivity index (χ0v) is 20.5. The first kappa shape index (κ1) is 25.1. The van der Waals surface area contributed by atoms with Crippen molar-refractivity contribution >= 4 is 34.5 Å². The van der Waals surface area contributed by atoms with E-state index < -0.39 is 5.82 Å². The van der Waals surface area contributed by atoms with Gasteiger partial charge in [0.15, 0.2) is 0 Å². The summed E-state index contributed by atoms with van der Waals surface area (Å²) in [4.78, 5) is 27.0. The summed E-state index contributed by atoms with van der Waals surface area (Å²) in [7, 11) is 5.49. The van der Waals surface area contributed by atoms with Crippen LogP contribution in [0.4, 0.5) is 15.8 Å². The van der Waals surface area contributed by atoms with Crippen molar-refractivity contribution in [3.63, 3.8) is 0 Å². The molecule has 8 heteroatoms. The van der Waals surface area contributed by atoms with Crippen LogP contribution < -0.4 is 16.0 Å². The van der Waals surface area contributed by atoms with E-state index in [9.17, 15) is 14.0 Å². The molecular formula is C28H29FN4O3. The smallest absolute Gasteiger partial charge is 0.258 e. The lowest BCUT2D eigenvalue weighted by Crippen LogP contribution is -2.26. The Morgan fingerprint density at radius 1 is 1.03 bits per heavy atom. The van der Waals surface area contributed by atoms with Gasteiger partial charge in [0, 0.05) is 31.5 Å². The molecule has 4 rings (SSSR count). The average molecular weight is 489 g/mol. The molecule has 7 nitrogen and oxygen atoms in total. The van der Waals surface area contributed by atoms with Crippen molar-refractivity contribution in [3.05, 3.63) is 94.8 Å². The highest BCUT2D eigenvalue weighted by Gasteiger charge is 2.29. The fourth-order valence-corrected chi connectivity index (χ4v) is 4.09. The summed E-state index contributed by atoms with van der Waals surface area (Å²) < 4.78 is 18.7. The van der Waals surface area contributed by atoms with Gasteiger partial charge in [-0.3, -0.25) is 9.59 Å². The van der Waals surface area contributed by atoms with Crippen LogP contribution in [0.5, 0.6) is 0 Å². The standard InChI is InChI=1S/C28H29FN4O3/c1-33(2)16-18-7-10-22(11-8-18)31-27(26-23-12-9-21(29)14-24(23)32-28(26)35)20-6-4-5-19(13-20)15-30-25(34)17-36-3/h4-14,31H,15-17H2,1-3H3,(H,30,34)(H,32,35). The lowest BCUT2D eigenvalue weighted by Gasteiger charge is -2.17. The Hall–Kier alpha value is -4.01. The lowest BCUT2D eigenvalue weighted by atomic mass is 9.98. The van der Waals surface area contributed by atoms with Gasteiger partial charge in [-0.15, -0.1) is 0 Å². The predicted molar refractivity (Wildman–Crippen MR) is 139 cm³/mol. The molecule has 3 N–H and O–H groups in total. The molecule has 0 saturated carbocycles. The second-order valence-electron chi connectivity index (χ2n) is 8.86. The summed E-state index contributed by atoms with van der Waals surface area (Å²) in [6, 6.07) is 19.8. The van der Waals surface area contributed by atoms with Gasteiger partial charge < -0.3 is 25.6 Å². The summed E-state index contributed by atoms with van der Waals surface area (Å²) in [5, 5.41) is 9.00. The van der Waals surface area contributed by atoms with Gasteiger partial charge in [0.1, 0.15) is 12.4 Å². The maximum Gasteiger partial charge on any atom is 0.258 e. The molecule has 0 spiro atoms. The highest BCUT2D eigenvalue weighted by Crippen LogP contribution is 2.38. The minimum atomic E-state index is -0.421. The number of halogens is 1. The van der Waals surface area contributed by atoms with E-state index >= 15 is 0 Å². The number of rotatable bonds is 9. The Morgan fingerprint density at radius 3 is 2.53 bits per heavy atom. The van der Waals surface area contributed by atoms with E-state index in [2.05, 4.69) is 20.9 Å². The number of ether oxygens (including phenoxy) is 1. The Kier molecular flexibility index (Phi) is 7.77. The minimum absolute atomic E-state index is 0.0200. The van der Waals surface area contributed by atoms with E-state index in [0.29, 0.717) is 29.1 Å². The first-order valence-corrected chi connectivity index (χ1v) is 11.5. The van der Waals surface area contributed by atoms with Crippen molar-refractivity contribution in [2.75, 3.05) is 38.4 Å². The van der Waals surface area contributed by atoms with Crippen molar-refractivity contribution in [1.82, 2.24) is 10.2 Å². The van der Waals surface area contributed by atoms with Gasteiger partial charge in [0.05, 0.1) is 17.0 Å². The van der Waals surface area contributed by atoms with Crippen LogP contribution in [0.1, 0.15) is 22.3 Å². The Bertz CT molecular complexity index is 1300. The highest BCUT2D eigenvalue weighted by atomic mass is 19.1. The molecule has 3 aromatic rings. The molecular weight excluding hydrogens is 459 g/mol. The summed E-state index contributed by atoms with van der Waals surface area (Å²) >= 11 is 0. The number of benzene rings is 3. The van der Waals surface area contributed by atoms with Crippen molar-refractivity contribution < 1.29 is 18.7 Å². The molecule has 1 heterocycles. The van der Waals surface area contributed by atoms with Crippen LogP contribution >= 0.6 is 0 Å². The SMILES string of the molecule is COCC(=O)NCc1cccc(C(Nc2ccc(CN(C)C)cc2)=C2C(=O)Nc3cc(F)ccc32)c1. The van der Waals surface area contributed by atoms with Gasteiger partial charge in [-0.05, 0) is 67.2 Å². The topological polar surface area (TPSA) is 82.7 Å². The molecule has 3 aromatic carbocycles. The maximum absolute atomic E-state index is 13.8. The number of fused-ring (bicyclic) bond motifs is 1. The second kappa shape index (κ2) is 11.2. The van der Waals surface area contributed by atoms with E-state index in [-0.39, 0.29) is 18.4 Å². The molecule has 36 heavy (non-hydrogen) atoms. The second-order valence-corrected chi connectivity index (χ2v) is 8.86. The van der Waals surface area contributed by atoms with Crippen LogP contribution in [0.25, 0.3) is 11.3 Å². The molecule has 0 unspecified atom stereocenters. The average Bonchev–Trinajstić information content (AvgIpc) is 3.16. The van der Waals surface area contributed by atoms with E-state index in [4.69, 9.17) is 4.74 Å². The lowest BCUT2D eigenvalue weighted by molar-refractivity contribution is -0.124. The molecule has 0 atom stereocenters. The molecule has 0 bridgehead atoms. The molecule has 0 saturated heterocycles. The Balaban J connectivity index is 1.74. The molecule has 186 valence electrons. The summed E-state index contributed by atoms with van der Waals surface area (Å²) in [6.45, 7) is 1.10. The maximum atomic E-state index is 13.8. The number of methoxy groups -OCH3 is 1. The Labute approximate surface area is 210 Å². The number of carbonyl (C=O) groups is 2. The van der Waals surface area contributed by atoms with Gasteiger partial charge in [0.2, 0.25) is 5.91 Å². The predicted octanol–water partition coefficient (Wildman–Crippen LogP) is 4.08. The van der Waals surface area contributed by atoms with Crippen LogP contribution in [-0.4, -0.2) is 44.5 Å². The summed E-state index contributed by atoms with van der Waals surface area (Å²) in [6.07, 6.45) is 0. The number of nitrogens with zero attached hydrogens (tertiary/aromatic N) is 1. The number of nitrogens with one attached hydrogen (secondary N) is 3.